The molecule has 0 unspecified atom stereocenters. The van der Waals surface area contributed by atoms with E-state index in [4.69, 9.17) is 16.1 Å². The van der Waals surface area contributed by atoms with Crippen LogP contribution in [0.25, 0.3) is 11.4 Å². The highest BCUT2D eigenvalue weighted by Crippen LogP contribution is 2.33. The number of anilines is 1. The van der Waals surface area contributed by atoms with Gasteiger partial charge in [0.2, 0.25) is 11.7 Å². The molecule has 2 heterocycles. The minimum absolute atomic E-state index is 0.246. The first-order chi connectivity index (χ1) is 13.5. The molecule has 1 aliphatic rings. The fraction of sp³-hybridized carbons (Fsp3) is 0.250. The molecule has 0 bridgehead atoms. The molecular weight excluding hydrogens is 383 g/mol. The Morgan fingerprint density at radius 1 is 1.29 bits per heavy atom. The van der Waals surface area contributed by atoms with E-state index in [0.29, 0.717) is 34.5 Å². The zero-order chi connectivity index (χ0) is 19.7. The third kappa shape index (κ3) is 3.71. The Morgan fingerprint density at radius 2 is 2.07 bits per heavy atom. The van der Waals surface area contributed by atoms with Crippen molar-refractivity contribution in [2.24, 2.45) is 0 Å². The summed E-state index contributed by atoms with van der Waals surface area (Å²) in [4.78, 5) is 18.8. The molecular formula is C20H18ClFN4O2. The lowest BCUT2D eigenvalue weighted by Crippen LogP contribution is -2.34. The lowest BCUT2D eigenvalue weighted by atomic mass is 10.2. The van der Waals surface area contributed by atoms with Crippen LogP contribution in [0, 0.1) is 12.7 Å². The van der Waals surface area contributed by atoms with Crippen LogP contribution in [0.4, 0.5) is 14.9 Å². The van der Waals surface area contributed by atoms with Gasteiger partial charge in [-0.2, -0.15) is 4.98 Å². The first kappa shape index (κ1) is 18.4. The molecule has 1 aromatic heterocycles. The molecule has 2 amide bonds. The number of aryl methyl sites for hydroxylation is 1. The Bertz CT molecular complexity index is 1010. The zero-order valence-corrected chi connectivity index (χ0v) is 15.9. The molecule has 28 heavy (non-hydrogen) atoms. The van der Waals surface area contributed by atoms with Crippen molar-refractivity contribution in [3.8, 4) is 11.4 Å². The van der Waals surface area contributed by atoms with E-state index in [9.17, 15) is 9.18 Å². The molecule has 8 heteroatoms. The van der Waals surface area contributed by atoms with Crippen molar-refractivity contribution in [3.05, 3.63) is 64.8 Å². The molecule has 1 atom stereocenters. The van der Waals surface area contributed by atoms with Gasteiger partial charge in [-0.3, -0.25) is 0 Å². The van der Waals surface area contributed by atoms with Gasteiger partial charge in [0.05, 0.1) is 0 Å². The number of hydrogen-bond acceptors (Lipinski definition) is 4. The van der Waals surface area contributed by atoms with Crippen molar-refractivity contribution >= 4 is 23.3 Å². The van der Waals surface area contributed by atoms with Crippen LogP contribution in [-0.4, -0.2) is 27.6 Å². The first-order valence-corrected chi connectivity index (χ1v) is 9.32. The van der Waals surface area contributed by atoms with Crippen LogP contribution in [-0.2, 0) is 0 Å². The second-order valence-electron chi connectivity index (χ2n) is 6.71. The number of benzene rings is 2. The summed E-state index contributed by atoms with van der Waals surface area (Å²) in [6.07, 6.45) is 1.56. The molecule has 1 fully saturated rings. The van der Waals surface area contributed by atoms with Crippen LogP contribution < -0.4 is 5.32 Å². The predicted molar refractivity (Wildman–Crippen MR) is 104 cm³/mol. The van der Waals surface area contributed by atoms with E-state index in [1.165, 1.54) is 12.1 Å². The minimum atomic E-state index is -0.331. The van der Waals surface area contributed by atoms with Crippen LogP contribution >= 0.6 is 11.6 Å². The number of rotatable bonds is 3. The highest BCUT2D eigenvalue weighted by atomic mass is 35.5. The molecule has 2 aromatic carbocycles. The maximum atomic E-state index is 13.1. The number of halogens is 2. The fourth-order valence-corrected chi connectivity index (χ4v) is 3.40. The van der Waals surface area contributed by atoms with Gasteiger partial charge in [-0.1, -0.05) is 22.8 Å². The molecule has 6 nitrogen and oxygen atoms in total. The molecule has 0 spiro atoms. The van der Waals surface area contributed by atoms with Crippen molar-refractivity contribution in [2.75, 3.05) is 11.9 Å². The van der Waals surface area contributed by atoms with Crippen LogP contribution in [0.3, 0.4) is 0 Å². The fourth-order valence-electron chi connectivity index (χ4n) is 3.22. The van der Waals surface area contributed by atoms with E-state index in [0.717, 1.165) is 18.4 Å². The van der Waals surface area contributed by atoms with Crippen LogP contribution in [0.1, 0.15) is 30.3 Å². The van der Waals surface area contributed by atoms with E-state index >= 15 is 0 Å². The van der Waals surface area contributed by atoms with Crippen molar-refractivity contribution in [2.45, 2.75) is 25.8 Å². The zero-order valence-electron chi connectivity index (χ0n) is 15.2. The van der Waals surface area contributed by atoms with E-state index in [1.54, 1.807) is 23.1 Å². The molecule has 0 radical (unpaired) electrons. The van der Waals surface area contributed by atoms with E-state index in [2.05, 4.69) is 15.5 Å². The van der Waals surface area contributed by atoms with Crippen molar-refractivity contribution in [1.82, 2.24) is 15.0 Å². The van der Waals surface area contributed by atoms with Gasteiger partial charge in [-0.05, 0) is 61.7 Å². The number of likely N-dealkylation sites (tertiary alicyclic amines) is 1. The summed E-state index contributed by atoms with van der Waals surface area (Å²) in [6, 6.07) is 10.7. The molecule has 1 N–H and O–H groups in total. The van der Waals surface area contributed by atoms with Gasteiger partial charge in [0, 0.05) is 22.8 Å². The van der Waals surface area contributed by atoms with Gasteiger partial charge in [0.15, 0.2) is 0 Å². The Morgan fingerprint density at radius 3 is 2.82 bits per heavy atom. The summed E-state index contributed by atoms with van der Waals surface area (Å²) < 4.78 is 18.5. The SMILES string of the molecule is Cc1ccc(NC(=O)N2CCC[C@@H]2c2nc(-c3ccc(F)cc3)no2)cc1Cl. The average molecular weight is 401 g/mol. The van der Waals surface area contributed by atoms with Gasteiger partial charge in [-0.25, -0.2) is 9.18 Å². The number of hydrogen-bond donors (Lipinski definition) is 1. The van der Waals surface area contributed by atoms with Crippen LogP contribution in [0.15, 0.2) is 47.0 Å². The molecule has 1 aliphatic heterocycles. The predicted octanol–water partition coefficient (Wildman–Crippen LogP) is 5.21. The van der Waals surface area contributed by atoms with Crippen LogP contribution in [0.5, 0.6) is 0 Å². The minimum Gasteiger partial charge on any atom is -0.337 e. The van der Waals surface area contributed by atoms with Crippen LogP contribution in [0.2, 0.25) is 5.02 Å². The van der Waals surface area contributed by atoms with Gasteiger partial charge >= 0.3 is 6.03 Å². The lowest BCUT2D eigenvalue weighted by Gasteiger charge is -2.22. The number of nitrogens with one attached hydrogen (secondary N) is 1. The second kappa shape index (κ2) is 7.59. The second-order valence-corrected chi connectivity index (χ2v) is 7.12. The summed E-state index contributed by atoms with van der Waals surface area (Å²) in [5, 5.41) is 7.44. The molecule has 0 aliphatic carbocycles. The van der Waals surface area contributed by atoms with Crippen molar-refractivity contribution < 1.29 is 13.7 Å². The maximum absolute atomic E-state index is 13.1. The Balaban J connectivity index is 1.51. The molecule has 1 saturated heterocycles. The van der Waals surface area contributed by atoms with Crippen molar-refractivity contribution in [1.29, 1.82) is 0 Å². The summed E-state index contributed by atoms with van der Waals surface area (Å²) in [7, 11) is 0. The number of carbonyl (C=O) groups excluding carboxylic acids is 1. The summed E-state index contributed by atoms with van der Waals surface area (Å²) in [5.74, 6) is 0.406. The third-order valence-electron chi connectivity index (χ3n) is 4.77. The Labute approximate surface area is 166 Å². The largest absolute Gasteiger partial charge is 0.337 e. The van der Waals surface area contributed by atoms with E-state index in [1.807, 2.05) is 19.1 Å². The molecule has 3 aromatic rings. The van der Waals surface area contributed by atoms with E-state index in [-0.39, 0.29) is 17.9 Å². The van der Waals surface area contributed by atoms with Crippen molar-refractivity contribution in [3.63, 3.8) is 0 Å². The third-order valence-corrected chi connectivity index (χ3v) is 5.17. The number of urea groups is 1. The van der Waals surface area contributed by atoms with Gasteiger partial charge in [0.25, 0.3) is 0 Å². The quantitative estimate of drug-likeness (QED) is 0.655. The Hall–Kier alpha value is -2.93. The Kier molecular flexibility index (Phi) is 5.00. The monoisotopic (exact) mass is 400 g/mol. The van der Waals surface area contributed by atoms with Gasteiger partial charge in [-0.15, -0.1) is 0 Å². The summed E-state index contributed by atoms with van der Waals surface area (Å²) >= 11 is 6.13. The highest BCUT2D eigenvalue weighted by Gasteiger charge is 2.34. The number of carbonyl (C=O) groups is 1. The summed E-state index contributed by atoms with van der Waals surface area (Å²) in [6.45, 7) is 2.49. The average Bonchev–Trinajstić information content (AvgIpc) is 3.34. The molecule has 144 valence electrons. The number of aromatic nitrogens is 2. The lowest BCUT2D eigenvalue weighted by molar-refractivity contribution is 0.193. The number of amides is 2. The van der Waals surface area contributed by atoms with Gasteiger partial charge < -0.3 is 14.7 Å². The maximum Gasteiger partial charge on any atom is 0.322 e. The standard InChI is InChI=1S/C20H18ClFN4O2/c1-12-4-9-15(11-16(12)21)23-20(27)26-10-2-3-17(26)19-24-18(25-28-19)13-5-7-14(22)8-6-13/h4-9,11,17H,2-3,10H2,1H3,(H,23,27)/t17-/m1/s1. The normalized spacial score (nSPS) is 16.4. The number of nitrogens with zero attached hydrogens (tertiary/aromatic N) is 3. The topological polar surface area (TPSA) is 71.3 Å². The first-order valence-electron chi connectivity index (χ1n) is 8.94. The highest BCUT2D eigenvalue weighted by molar-refractivity contribution is 6.31. The summed E-state index contributed by atoms with van der Waals surface area (Å²) in [5.41, 5.74) is 2.22. The van der Waals surface area contributed by atoms with Gasteiger partial charge in [0.1, 0.15) is 11.9 Å². The molecule has 4 rings (SSSR count). The van der Waals surface area contributed by atoms with E-state index < -0.39 is 0 Å². The smallest absolute Gasteiger partial charge is 0.322 e. The molecule has 0 saturated carbocycles.